The Balaban J connectivity index is 1.58. The van der Waals surface area contributed by atoms with Crippen molar-refractivity contribution in [1.29, 1.82) is 0 Å². The van der Waals surface area contributed by atoms with Crippen LogP contribution in [0, 0.1) is 6.92 Å². The Hall–Kier alpha value is -3.49. The molecule has 0 aromatic heterocycles. The van der Waals surface area contributed by atoms with Crippen LogP contribution in [0.15, 0.2) is 72.8 Å². The Bertz CT molecular complexity index is 1350. The number of phenols is 2. The number of ether oxygens (including phenoxy) is 2. The molecule has 1 fully saturated rings. The topological polar surface area (TPSA) is 96.3 Å². The van der Waals surface area contributed by atoms with Gasteiger partial charge in [0.2, 0.25) is 10.0 Å². The molecule has 2 heterocycles. The van der Waals surface area contributed by atoms with Crippen LogP contribution in [-0.4, -0.2) is 49.7 Å². The molecule has 2 aliphatic rings. The smallest absolute Gasteiger partial charge is 0.238 e. The fraction of sp³-hybridized carbons (Fsp3) is 0.222. The maximum absolute atomic E-state index is 13.9. The van der Waals surface area contributed by atoms with E-state index in [9.17, 15) is 18.6 Å². The highest BCUT2D eigenvalue weighted by atomic mass is 32.2. The standard InChI is InChI=1S/C27H26NO6S/c1-3-28(19-8-14-22(33-2)15-9-19)35(31,32)24-16-23-25(17-4-10-20(29)11-5-17)26(27(24)34-23)18-6-12-21(30)13-7-18/h4-15,23-24,27,29-30H,1,3,16H2,2H3/q-1/t23-,24+,27+/m0/s1. The largest absolute Gasteiger partial charge is 0.508 e. The number of anilines is 1. The van der Waals surface area contributed by atoms with Gasteiger partial charge in [-0.3, -0.25) is 4.31 Å². The van der Waals surface area contributed by atoms with Gasteiger partial charge < -0.3 is 26.6 Å². The van der Waals surface area contributed by atoms with Gasteiger partial charge in [0, 0.05) is 5.69 Å². The lowest BCUT2D eigenvalue weighted by Gasteiger charge is -2.33. The number of phenolic OH excluding ortho intramolecular Hbond substituents is 2. The van der Waals surface area contributed by atoms with Gasteiger partial charge in [0.1, 0.15) is 28.6 Å². The van der Waals surface area contributed by atoms with Crippen molar-refractivity contribution in [1.82, 2.24) is 0 Å². The maximum Gasteiger partial charge on any atom is 0.238 e. The lowest BCUT2D eigenvalue weighted by Crippen LogP contribution is -2.43. The molecule has 0 amide bonds. The molecule has 8 heteroatoms. The summed E-state index contributed by atoms with van der Waals surface area (Å²) in [5.74, 6) is 0.904. The molecule has 182 valence electrons. The molecule has 2 aliphatic heterocycles. The molecule has 3 aromatic carbocycles. The van der Waals surface area contributed by atoms with Crippen molar-refractivity contribution in [3.8, 4) is 17.2 Å². The number of sulfonamides is 1. The summed E-state index contributed by atoms with van der Waals surface area (Å²) < 4.78 is 40.6. The van der Waals surface area contributed by atoms with Gasteiger partial charge in [-0.25, -0.2) is 8.42 Å². The van der Waals surface area contributed by atoms with Crippen molar-refractivity contribution < 1.29 is 28.1 Å². The van der Waals surface area contributed by atoms with Crippen LogP contribution < -0.4 is 9.04 Å². The third kappa shape index (κ3) is 4.02. The molecule has 0 spiro atoms. The quantitative estimate of drug-likeness (QED) is 0.480. The van der Waals surface area contributed by atoms with E-state index in [2.05, 4.69) is 6.92 Å². The molecular formula is C27H26NO6S-. The van der Waals surface area contributed by atoms with Crippen LogP contribution >= 0.6 is 0 Å². The summed E-state index contributed by atoms with van der Waals surface area (Å²) >= 11 is 0. The van der Waals surface area contributed by atoms with Gasteiger partial charge in [0.25, 0.3) is 0 Å². The Morgan fingerprint density at radius 2 is 1.46 bits per heavy atom. The summed E-state index contributed by atoms with van der Waals surface area (Å²) in [5.41, 5.74) is 3.83. The highest BCUT2D eigenvalue weighted by molar-refractivity contribution is 7.93. The van der Waals surface area contributed by atoms with E-state index in [1.165, 1.54) is 4.31 Å². The van der Waals surface area contributed by atoms with Gasteiger partial charge in [-0.05, 0) is 77.2 Å². The monoisotopic (exact) mass is 492 g/mol. The second-order valence-corrected chi connectivity index (χ2v) is 10.6. The van der Waals surface area contributed by atoms with Crippen LogP contribution in [0.4, 0.5) is 5.69 Å². The second-order valence-electron chi connectivity index (χ2n) is 8.56. The van der Waals surface area contributed by atoms with Crippen molar-refractivity contribution in [2.75, 3.05) is 18.0 Å². The van der Waals surface area contributed by atoms with Gasteiger partial charge >= 0.3 is 0 Å². The van der Waals surface area contributed by atoms with Gasteiger partial charge in [0.05, 0.1) is 13.2 Å². The molecule has 7 nitrogen and oxygen atoms in total. The molecule has 3 atom stereocenters. The average molecular weight is 493 g/mol. The number of aromatic hydroxyl groups is 2. The minimum atomic E-state index is -3.83. The van der Waals surface area contributed by atoms with Gasteiger partial charge in [-0.15, -0.1) is 0 Å². The number of benzene rings is 3. The fourth-order valence-corrected chi connectivity index (χ4v) is 6.88. The summed E-state index contributed by atoms with van der Waals surface area (Å²) in [6, 6.07) is 20.3. The van der Waals surface area contributed by atoms with Crippen molar-refractivity contribution >= 4 is 26.9 Å². The van der Waals surface area contributed by atoms with Gasteiger partial charge in [-0.1, -0.05) is 30.8 Å². The van der Waals surface area contributed by atoms with Crippen molar-refractivity contribution in [3.05, 3.63) is 90.8 Å². The van der Waals surface area contributed by atoms with E-state index >= 15 is 0 Å². The summed E-state index contributed by atoms with van der Waals surface area (Å²) in [6.07, 6.45) is -0.807. The van der Waals surface area contributed by atoms with E-state index in [-0.39, 0.29) is 18.0 Å². The molecule has 35 heavy (non-hydrogen) atoms. The molecule has 3 aromatic rings. The first-order chi connectivity index (χ1) is 16.8. The molecule has 0 radical (unpaired) electrons. The molecule has 2 N–H and O–H groups in total. The number of hydrogen-bond donors (Lipinski definition) is 2. The first-order valence-corrected chi connectivity index (χ1v) is 12.8. The molecule has 0 aliphatic carbocycles. The normalized spacial score (nSPS) is 21.4. The van der Waals surface area contributed by atoms with Crippen LogP contribution in [0.5, 0.6) is 17.2 Å². The van der Waals surface area contributed by atoms with Crippen molar-refractivity contribution in [2.24, 2.45) is 0 Å². The van der Waals surface area contributed by atoms with Crippen molar-refractivity contribution in [3.63, 3.8) is 0 Å². The molecule has 0 saturated carbocycles. The van der Waals surface area contributed by atoms with Crippen LogP contribution in [0.2, 0.25) is 0 Å². The highest BCUT2D eigenvalue weighted by Crippen LogP contribution is 2.51. The minimum Gasteiger partial charge on any atom is -0.508 e. The molecule has 0 unspecified atom stereocenters. The SMILES string of the molecule is [CH2-]CN(c1ccc(OC)cc1)S(=O)(=O)[C@@H]1C[C@@H]2O[C@H]1C(c1ccc(O)cc1)=C2c1ccc(O)cc1. The third-order valence-corrected chi connectivity index (χ3v) is 8.81. The Morgan fingerprint density at radius 3 is 1.97 bits per heavy atom. The van der Waals surface area contributed by atoms with E-state index in [0.29, 0.717) is 17.9 Å². The summed E-state index contributed by atoms with van der Waals surface area (Å²) in [6.45, 7) is 3.91. The summed E-state index contributed by atoms with van der Waals surface area (Å²) in [5, 5.41) is 18.7. The lowest BCUT2D eigenvalue weighted by atomic mass is 9.83. The summed E-state index contributed by atoms with van der Waals surface area (Å²) in [7, 11) is -2.28. The zero-order valence-corrected chi connectivity index (χ0v) is 20.0. The first kappa shape index (κ1) is 23.3. The van der Waals surface area contributed by atoms with Crippen LogP contribution in [0.1, 0.15) is 17.5 Å². The predicted molar refractivity (Wildman–Crippen MR) is 135 cm³/mol. The molecule has 5 rings (SSSR count). The van der Waals surface area contributed by atoms with E-state index < -0.39 is 27.5 Å². The Labute approximate surface area is 204 Å². The highest BCUT2D eigenvalue weighted by Gasteiger charge is 2.53. The van der Waals surface area contributed by atoms with Crippen LogP contribution in [0.25, 0.3) is 11.1 Å². The van der Waals surface area contributed by atoms with Crippen LogP contribution in [0.3, 0.4) is 0 Å². The molecule has 2 bridgehead atoms. The Kier molecular flexibility index (Phi) is 5.94. The molecule has 1 saturated heterocycles. The van der Waals surface area contributed by atoms with Gasteiger partial charge in [0.15, 0.2) is 0 Å². The number of methoxy groups -OCH3 is 1. The lowest BCUT2D eigenvalue weighted by molar-refractivity contribution is 0.128. The zero-order chi connectivity index (χ0) is 24.7. The zero-order valence-electron chi connectivity index (χ0n) is 19.2. The number of rotatable bonds is 7. The minimum absolute atomic E-state index is 0.0334. The second kappa shape index (κ2) is 8.94. The molecular weight excluding hydrogens is 466 g/mol. The van der Waals surface area contributed by atoms with E-state index in [4.69, 9.17) is 9.47 Å². The first-order valence-electron chi connectivity index (χ1n) is 11.3. The number of nitrogens with zero attached hydrogens (tertiary/aromatic N) is 1. The maximum atomic E-state index is 13.9. The van der Waals surface area contributed by atoms with Crippen molar-refractivity contribution in [2.45, 2.75) is 23.9 Å². The van der Waals surface area contributed by atoms with E-state index in [1.807, 2.05) is 0 Å². The number of fused-ring (bicyclic) bond motifs is 2. The van der Waals surface area contributed by atoms with E-state index in [0.717, 1.165) is 22.3 Å². The Morgan fingerprint density at radius 1 is 0.914 bits per heavy atom. The average Bonchev–Trinajstić information content (AvgIpc) is 3.46. The van der Waals surface area contributed by atoms with E-state index in [1.54, 1.807) is 79.9 Å². The van der Waals surface area contributed by atoms with Crippen LogP contribution in [-0.2, 0) is 14.8 Å². The van der Waals surface area contributed by atoms with Gasteiger partial charge in [-0.2, -0.15) is 0 Å². The third-order valence-electron chi connectivity index (χ3n) is 6.60. The summed E-state index contributed by atoms with van der Waals surface area (Å²) in [4.78, 5) is 0. The fourth-order valence-electron chi connectivity index (χ4n) is 4.96. The predicted octanol–water partition coefficient (Wildman–Crippen LogP) is 4.23. The number of hydrogen-bond acceptors (Lipinski definition) is 6.